The molecule has 0 saturated heterocycles. The predicted octanol–water partition coefficient (Wildman–Crippen LogP) is 0.688. The van der Waals surface area contributed by atoms with E-state index in [1.54, 1.807) is 11.9 Å². The monoisotopic (exact) mass is 146 g/mol. The van der Waals surface area contributed by atoms with E-state index in [0.717, 1.165) is 6.54 Å². The fourth-order valence-electron chi connectivity index (χ4n) is 0.986. The van der Waals surface area contributed by atoms with Gasteiger partial charge < -0.3 is 5.73 Å². The molecule has 0 bridgehead atoms. The summed E-state index contributed by atoms with van der Waals surface area (Å²) >= 11 is 1.77. The van der Waals surface area contributed by atoms with Crippen LogP contribution < -0.4 is 5.73 Å². The number of hydrogen-bond donors (Lipinski definition) is 1. The van der Waals surface area contributed by atoms with Crippen molar-refractivity contribution < 1.29 is 0 Å². The molecule has 0 aromatic rings. The Morgan fingerprint density at radius 3 is 2.33 bits per heavy atom. The Balaban J connectivity index is 2.39. The van der Waals surface area contributed by atoms with Gasteiger partial charge in [0.25, 0.3) is 0 Å². The van der Waals surface area contributed by atoms with Crippen molar-refractivity contribution in [2.45, 2.75) is 18.4 Å². The first-order chi connectivity index (χ1) is 4.25. The van der Waals surface area contributed by atoms with Crippen molar-refractivity contribution in [3.63, 3.8) is 0 Å². The molecule has 0 aromatic heterocycles. The molecule has 0 spiro atoms. The Morgan fingerprint density at radius 2 is 2.22 bits per heavy atom. The molecular weight excluding hydrogens is 132 g/mol. The van der Waals surface area contributed by atoms with Gasteiger partial charge in [0.2, 0.25) is 0 Å². The lowest BCUT2D eigenvalue weighted by atomic mass is 10.3. The van der Waals surface area contributed by atoms with Crippen molar-refractivity contribution in [2.75, 3.05) is 19.8 Å². The fraction of sp³-hybridized carbons (Fsp3) is 1.00. The molecule has 54 valence electrons. The van der Waals surface area contributed by atoms with Crippen LogP contribution in [0, 0.1) is 0 Å². The van der Waals surface area contributed by atoms with Gasteiger partial charge in [-0.2, -0.15) is 0 Å². The molecule has 2 nitrogen and oxygen atoms in total. The van der Waals surface area contributed by atoms with E-state index in [2.05, 4.69) is 17.6 Å². The van der Waals surface area contributed by atoms with E-state index in [-0.39, 0.29) is 0 Å². The van der Waals surface area contributed by atoms with Crippen LogP contribution in [0.2, 0.25) is 0 Å². The minimum absolute atomic E-state index is 0.374. The highest BCUT2D eigenvalue weighted by Crippen LogP contribution is 2.42. The molecule has 0 atom stereocenters. The molecule has 1 aliphatic rings. The highest BCUT2D eigenvalue weighted by atomic mass is 32.2. The van der Waals surface area contributed by atoms with Gasteiger partial charge in [-0.05, 0) is 26.1 Å². The zero-order valence-corrected chi connectivity index (χ0v) is 6.87. The predicted molar refractivity (Wildman–Crippen MR) is 42.3 cm³/mol. The van der Waals surface area contributed by atoms with Crippen molar-refractivity contribution in [1.29, 1.82) is 0 Å². The molecule has 0 unspecified atom stereocenters. The summed E-state index contributed by atoms with van der Waals surface area (Å²) in [6.07, 6.45) is 4.65. The number of rotatable bonds is 3. The molecule has 3 heteroatoms. The summed E-state index contributed by atoms with van der Waals surface area (Å²) in [5.41, 5.74) is 5.96. The lowest BCUT2D eigenvalue weighted by Crippen LogP contribution is -2.35. The Kier molecular flexibility index (Phi) is 2.03. The Morgan fingerprint density at radius 1 is 1.67 bits per heavy atom. The molecule has 0 heterocycles. The molecule has 1 rings (SSSR count). The van der Waals surface area contributed by atoms with Crippen LogP contribution in [0.4, 0.5) is 0 Å². The highest BCUT2D eigenvalue weighted by molar-refractivity contribution is 7.96. The zero-order valence-electron chi connectivity index (χ0n) is 6.05. The number of likely N-dealkylation sites (N-methyl/N-ethyl adjacent to an activating group) is 1. The summed E-state index contributed by atoms with van der Waals surface area (Å²) in [6.45, 7) is 0.810. The molecule has 9 heavy (non-hydrogen) atoms. The van der Waals surface area contributed by atoms with Gasteiger partial charge in [0.1, 0.15) is 0 Å². The molecule has 1 aliphatic carbocycles. The van der Waals surface area contributed by atoms with Crippen molar-refractivity contribution >= 4 is 11.9 Å². The Hall–Kier alpha value is 0.270. The molecule has 0 radical (unpaired) electrons. The summed E-state index contributed by atoms with van der Waals surface area (Å²) in [5.74, 6) is 0. The molecule has 1 fully saturated rings. The first-order valence-electron chi connectivity index (χ1n) is 3.23. The fourth-order valence-corrected chi connectivity index (χ4v) is 1.63. The van der Waals surface area contributed by atoms with Crippen LogP contribution in [-0.2, 0) is 0 Å². The Labute approximate surface area is 60.9 Å². The quantitative estimate of drug-likeness (QED) is 0.594. The molecule has 0 aliphatic heterocycles. The third-order valence-electron chi connectivity index (χ3n) is 2.15. The highest BCUT2D eigenvalue weighted by Gasteiger charge is 2.44. The topological polar surface area (TPSA) is 29.3 Å². The maximum atomic E-state index is 5.59. The maximum absolute atomic E-state index is 5.59. The van der Waals surface area contributed by atoms with Gasteiger partial charge in [-0.15, -0.1) is 0 Å². The smallest absolute Gasteiger partial charge is 0.0433 e. The van der Waals surface area contributed by atoms with Crippen LogP contribution in [0.3, 0.4) is 0 Å². The van der Waals surface area contributed by atoms with Gasteiger partial charge in [-0.25, -0.2) is 4.31 Å². The van der Waals surface area contributed by atoms with E-state index in [9.17, 15) is 0 Å². The number of hydrogen-bond acceptors (Lipinski definition) is 3. The van der Waals surface area contributed by atoms with Crippen molar-refractivity contribution in [1.82, 2.24) is 4.31 Å². The minimum atomic E-state index is 0.374. The average Bonchev–Trinajstić information content (AvgIpc) is 2.66. The van der Waals surface area contributed by atoms with E-state index in [1.807, 2.05) is 0 Å². The van der Waals surface area contributed by atoms with Crippen LogP contribution >= 0.6 is 11.9 Å². The van der Waals surface area contributed by atoms with Gasteiger partial charge in [0.15, 0.2) is 0 Å². The van der Waals surface area contributed by atoms with Crippen LogP contribution in [0.25, 0.3) is 0 Å². The van der Waals surface area contributed by atoms with E-state index < -0.39 is 0 Å². The number of nitrogens with two attached hydrogens (primary N) is 1. The van der Waals surface area contributed by atoms with Crippen LogP contribution in [0.15, 0.2) is 0 Å². The molecule has 1 saturated carbocycles. The minimum Gasteiger partial charge on any atom is -0.329 e. The third-order valence-corrected chi connectivity index (χ3v) is 3.08. The molecular formula is C6H14N2S. The summed E-state index contributed by atoms with van der Waals surface area (Å²) in [4.78, 5) is 0. The van der Waals surface area contributed by atoms with Gasteiger partial charge >= 0.3 is 0 Å². The first kappa shape index (κ1) is 7.38. The van der Waals surface area contributed by atoms with Crippen LogP contribution in [-0.4, -0.2) is 29.7 Å². The second-order valence-corrected chi connectivity index (χ2v) is 3.52. The van der Waals surface area contributed by atoms with E-state index in [4.69, 9.17) is 5.73 Å². The lowest BCUT2D eigenvalue weighted by Gasteiger charge is -2.23. The molecule has 0 aromatic carbocycles. The Bertz CT molecular complexity index is 101. The summed E-state index contributed by atoms with van der Waals surface area (Å²) in [6, 6.07) is 0. The van der Waals surface area contributed by atoms with E-state index in [1.165, 1.54) is 12.8 Å². The number of nitrogens with zero attached hydrogens (tertiary/aromatic N) is 1. The van der Waals surface area contributed by atoms with Crippen molar-refractivity contribution in [2.24, 2.45) is 5.73 Å². The molecule has 0 amide bonds. The second kappa shape index (κ2) is 2.48. The second-order valence-electron chi connectivity index (χ2n) is 2.61. The van der Waals surface area contributed by atoms with Crippen LogP contribution in [0.5, 0.6) is 0 Å². The summed E-state index contributed by atoms with van der Waals surface area (Å²) in [5, 5.41) is 0. The van der Waals surface area contributed by atoms with Crippen molar-refractivity contribution in [3.05, 3.63) is 0 Å². The van der Waals surface area contributed by atoms with Crippen LogP contribution in [0.1, 0.15) is 12.8 Å². The summed E-state index contributed by atoms with van der Waals surface area (Å²) < 4.78 is 2.27. The summed E-state index contributed by atoms with van der Waals surface area (Å²) in [7, 11) is 2.12. The SMILES string of the molecule is CSN(C)C1(CN)CC1. The van der Waals surface area contributed by atoms with E-state index in [0.29, 0.717) is 5.54 Å². The van der Waals surface area contributed by atoms with Gasteiger partial charge in [0.05, 0.1) is 0 Å². The normalized spacial score (nSPS) is 22.7. The standard InChI is InChI=1S/C6H14N2S/c1-8(9-2)6(5-7)3-4-6/h3-5,7H2,1-2H3. The third kappa shape index (κ3) is 1.23. The average molecular weight is 146 g/mol. The zero-order chi connectivity index (χ0) is 6.91. The molecule has 2 N–H and O–H groups in total. The van der Waals surface area contributed by atoms with Gasteiger partial charge in [0, 0.05) is 12.1 Å². The lowest BCUT2D eigenvalue weighted by molar-refractivity contribution is 0.395. The largest absolute Gasteiger partial charge is 0.329 e. The van der Waals surface area contributed by atoms with Gasteiger partial charge in [-0.3, -0.25) is 0 Å². The van der Waals surface area contributed by atoms with Gasteiger partial charge in [-0.1, -0.05) is 11.9 Å². The maximum Gasteiger partial charge on any atom is 0.0433 e. The van der Waals surface area contributed by atoms with Crippen molar-refractivity contribution in [3.8, 4) is 0 Å². The first-order valence-corrected chi connectivity index (χ1v) is 4.41. The van der Waals surface area contributed by atoms with E-state index >= 15 is 0 Å².